The summed E-state index contributed by atoms with van der Waals surface area (Å²) >= 11 is 2.56. The lowest BCUT2D eigenvalue weighted by Gasteiger charge is -2.19. The molecule has 7 nitrogen and oxygen atoms in total. The summed E-state index contributed by atoms with van der Waals surface area (Å²) in [5.74, 6) is 0.522. The zero-order valence-corrected chi connectivity index (χ0v) is 16.9. The van der Waals surface area contributed by atoms with Gasteiger partial charge in [-0.1, -0.05) is 11.8 Å². The molecule has 0 fully saturated rings. The maximum absolute atomic E-state index is 13.1. The summed E-state index contributed by atoms with van der Waals surface area (Å²) in [5, 5.41) is 9.50. The van der Waals surface area contributed by atoms with E-state index in [1.807, 2.05) is 12.3 Å². The van der Waals surface area contributed by atoms with Crippen LogP contribution in [0.4, 0.5) is 0 Å². The van der Waals surface area contributed by atoms with Crippen LogP contribution < -0.4 is 0 Å². The van der Waals surface area contributed by atoms with E-state index < -0.39 is 10.0 Å². The number of rotatable bonds is 8. The molecule has 27 heavy (non-hydrogen) atoms. The predicted molar refractivity (Wildman–Crippen MR) is 104 cm³/mol. The van der Waals surface area contributed by atoms with Gasteiger partial charge >= 0.3 is 0 Å². The average molecular weight is 421 g/mol. The summed E-state index contributed by atoms with van der Waals surface area (Å²) < 4.78 is 32.9. The largest absolute Gasteiger partial charge is 0.468 e. The van der Waals surface area contributed by atoms with E-state index in [1.54, 1.807) is 36.5 Å². The van der Waals surface area contributed by atoms with Crippen LogP contribution in [-0.4, -0.2) is 35.5 Å². The van der Waals surface area contributed by atoms with E-state index in [4.69, 9.17) is 9.68 Å². The van der Waals surface area contributed by atoms with Gasteiger partial charge in [0, 0.05) is 19.2 Å². The van der Waals surface area contributed by atoms with Crippen molar-refractivity contribution in [3.05, 3.63) is 48.6 Å². The molecule has 0 saturated carbocycles. The molecule has 3 rings (SSSR count). The number of sulfonamides is 1. The average Bonchev–Trinajstić information content (AvgIpc) is 3.37. The molecular formula is C17H16N4O3S3. The van der Waals surface area contributed by atoms with Gasteiger partial charge in [-0.15, -0.1) is 11.3 Å². The lowest BCUT2D eigenvalue weighted by molar-refractivity contribution is 0.369. The van der Waals surface area contributed by atoms with Crippen LogP contribution >= 0.6 is 23.1 Å². The quantitative estimate of drug-likeness (QED) is 0.405. The Bertz CT molecular complexity index is 1040. The van der Waals surface area contributed by atoms with Crippen LogP contribution in [0.2, 0.25) is 0 Å². The van der Waals surface area contributed by atoms with Crippen molar-refractivity contribution in [1.29, 1.82) is 5.26 Å². The highest BCUT2D eigenvalue weighted by molar-refractivity contribution is 7.98. The van der Waals surface area contributed by atoms with Crippen LogP contribution in [0.15, 0.2) is 56.6 Å². The van der Waals surface area contributed by atoms with E-state index in [2.05, 4.69) is 9.97 Å². The van der Waals surface area contributed by atoms with Crippen molar-refractivity contribution in [1.82, 2.24) is 14.3 Å². The topological polar surface area (TPSA) is 100 Å². The SMILES string of the molecule is CSc1nccc(-c2ccc(S(=O)(=O)N(CCC#N)Cc3ccco3)s2)n1. The molecule has 0 unspecified atom stereocenters. The van der Waals surface area contributed by atoms with Crippen molar-refractivity contribution in [2.45, 2.75) is 22.3 Å². The smallest absolute Gasteiger partial charge is 0.253 e. The molecule has 0 radical (unpaired) electrons. The summed E-state index contributed by atoms with van der Waals surface area (Å²) in [5.41, 5.74) is 0.676. The standard InChI is InChI=1S/C17H16N4O3S3/c1-25-17-19-9-7-14(20-17)15-5-6-16(26-15)27(22,23)21(10-3-8-18)12-13-4-2-11-24-13/h2,4-7,9,11H,3,10,12H2,1H3. The molecule has 0 saturated heterocycles. The van der Waals surface area contributed by atoms with Gasteiger partial charge in [-0.25, -0.2) is 18.4 Å². The molecule has 3 aromatic heterocycles. The second kappa shape index (κ2) is 8.67. The van der Waals surface area contributed by atoms with E-state index in [-0.39, 0.29) is 23.7 Å². The lowest BCUT2D eigenvalue weighted by atomic mass is 10.3. The normalized spacial score (nSPS) is 11.6. The van der Waals surface area contributed by atoms with Crippen molar-refractivity contribution >= 4 is 33.1 Å². The number of hydrogen-bond acceptors (Lipinski definition) is 8. The first kappa shape index (κ1) is 19.6. The fourth-order valence-electron chi connectivity index (χ4n) is 2.34. The number of thiophene rings is 1. The van der Waals surface area contributed by atoms with Crippen LogP contribution in [0.1, 0.15) is 12.2 Å². The monoisotopic (exact) mass is 420 g/mol. The van der Waals surface area contributed by atoms with Gasteiger partial charge in [-0.3, -0.25) is 0 Å². The van der Waals surface area contributed by atoms with Crippen molar-refractivity contribution < 1.29 is 12.8 Å². The molecular weight excluding hydrogens is 404 g/mol. The maximum atomic E-state index is 13.1. The highest BCUT2D eigenvalue weighted by atomic mass is 32.2. The first-order valence-electron chi connectivity index (χ1n) is 7.91. The molecule has 0 aromatic carbocycles. The number of furan rings is 1. The van der Waals surface area contributed by atoms with Gasteiger partial charge < -0.3 is 4.42 Å². The van der Waals surface area contributed by atoms with Crippen molar-refractivity contribution in [2.24, 2.45) is 0 Å². The fourth-order valence-corrected chi connectivity index (χ4v) is 5.53. The number of nitriles is 1. The van der Waals surface area contributed by atoms with Crippen LogP contribution in [0, 0.1) is 11.3 Å². The van der Waals surface area contributed by atoms with Gasteiger partial charge in [0.1, 0.15) is 9.97 Å². The van der Waals surface area contributed by atoms with Crippen LogP contribution in [0.25, 0.3) is 10.6 Å². The number of thioether (sulfide) groups is 1. The Kier molecular flexibility index (Phi) is 6.28. The van der Waals surface area contributed by atoms with Gasteiger partial charge in [0.15, 0.2) is 5.16 Å². The minimum atomic E-state index is -3.76. The lowest BCUT2D eigenvalue weighted by Crippen LogP contribution is -2.30. The highest BCUT2D eigenvalue weighted by Crippen LogP contribution is 2.32. The minimum absolute atomic E-state index is 0.0778. The van der Waals surface area contributed by atoms with Gasteiger partial charge in [0.25, 0.3) is 10.0 Å². The van der Waals surface area contributed by atoms with Gasteiger partial charge in [-0.05, 0) is 36.6 Å². The third-order valence-electron chi connectivity index (χ3n) is 3.63. The first-order chi connectivity index (χ1) is 13.0. The van der Waals surface area contributed by atoms with Crippen molar-refractivity contribution in [3.63, 3.8) is 0 Å². The molecule has 0 aliphatic carbocycles. The van der Waals surface area contributed by atoms with E-state index >= 15 is 0 Å². The van der Waals surface area contributed by atoms with E-state index in [9.17, 15) is 8.42 Å². The van der Waals surface area contributed by atoms with Crippen molar-refractivity contribution in [2.75, 3.05) is 12.8 Å². The van der Waals surface area contributed by atoms with Crippen LogP contribution in [0.3, 0.4) is 0 Å². The number of hydrogen-bond donors (Lipinski definition) is 0. The first-order valence-corrected chi connectivity index (χ1v) is 11.4. The Morgan fingerprint density at radius 2 is 2.19 bits per heavy atom. The highest BCUT2D eigenvalue weighted by Gasteiger charge is 2.27. The molecule has 0 aliphatic rings. The van der Waals surface area contributed by atoms with Gasteiger partial charge in [0.2, 0.25) is 0 Å². The van der Waals surface area contributed by atoms with Gasteiger partial charge in [-0.2, -0.15) is 9.57 Å². The molecule has 10 heteroatoms. The Labute approximate surface area is 165 Å². The predicted octanol–water partition coefficient (Wildman–Crippen LogP) is 3.62. The molecule has 0 aliphatic heterocycles. The molecule has 140 valence electrons. The second-order valence-corrected chi connectivity index (χ2v) is 9.40. The zero-order valence-electron chi connectivity index (χ0n) is 14.4. The van der Waals surface area contributed by atoms with E-state index in [1.165, 1.54) is 22.3 Å². The Balaban J connectivity index is 1.90. The summed E-state index contributed by atoms with van der Waals surface area (Å²) in [6.07, 6.45) is 5.12. The van der Waals surface area contributed by atoms with Gasteiger partial charge in [0.05, 0.1) is 29.4 Å². The molecule has 0 N–H and O–H groups in total. The summed E-state index contributed by atoms with van der Waals surface area (Å²) in [4.78, 5) is 9.28. The van der Waals surface area contributed by atoms with Crippen LogP contribution in [0.5, 0.6) is 0 Å². The molecule has 3 aromatic rings. The Morgan fingerprint density at radius 1 is 1.33 bits per heavy atom. The zero-order chi connectivity index (χ0) is 19.3. The maximum Gasteiger partial charge on any atom is 0.253 e. The minimum Gasteiger partial charge on any atom is -0.468 e. The third-order valence-corrected chi connectivity index (χ3v) is 7.61. The Hall–Kier alpha value is -2.19. The summed E-state index contributed by atoms with van der Waals surface area (Å²) in [6, 6.07) is 10.5. The number of aromatic nitrogens is 2. The fraction of sp³-hybridized carbons (Fsp3) is 0.235. The number of nitrogens with zero attached hydrogens (tertiary/aromatic N) is 4. The Morgan fingerprint density at radius 3 is 2.89 bits per heavy atom. The molecule has 0 amide bonds. The molecule has 0 atom stereocenters. The molecule has 0 bridgehead atoms. The van der Waals surface area contributed by atoms with E-state index in [0.717, 1.165) is 16.2 Å². The van der Waals surface area contributed by atoms with E-state index in [0.29, 0.717) is 16.6 Å². The summed E-state index contributed by atoms with van der Waals surface area (Å²) in [7, 11) is -3.76. The second-order valence-electron chi connectivity index (χ2n) is 5.37. The van der Waals surface area contributed by atoms with Crippen LogP contribution in [-0.2, 0) is 16.6 Å². The third kappa shape index (κ3) is 4.56. The summed E-state index contributed by atoms with van der Waals surface area (Å²) in [6.45, 7) is 0.172. The molecule has 3 heterocycles. The van der Waals surface area contributed by atoms with Crippen molar-refractivity contribution in [3.8, 4) is 16.6 Å². The molecule has 0 spiro atoms.